The van der Waals surface area contributed by atoms with Crippen molar-refractivity contribution in [3.8, 4) is 22.8 Å². The minimum atomic E-state index is -4.44. The number of carbonyl (C=O) groups is 1. The van der Waals surface area contributed by atoms with Crippen molar-refractivity contribution >= 4 is 16.9 Å². The van der Waals surface area contributed by atoms with Crippen molar-refractivity contribution < 1.29 is 36.6 Å². The maximum absolute atomic E-state index is 13.3. The molecule has 208 valence electrons. The molecule has 0 saturated carbocycles. The molecule has 5 nitrogen and oxygen atoms in total. The molecule has 0 radical (unpaired) electrons. The SMILES string of the molecule is CCCCCc1ccc(-c2cc3ccc(OCC(C)(COC(=O)C(C)C)CC(F)(F)F)cc3o2)c(OC)c1. The van der Waals surface area contributed by atoms with E-state index in [2.05, 4.69) is 13.0 Å². The highest BCUT2D eigenvalue weighted by Gasteiger charge is 2.41. The predicted molar refractivity (Wildman–Crippen MR) is 142 cm³/mol. The fraction of sp³-hybridized carbons (Fsp3) is 0.500. The third-order valence-corrected chi connectivity index (χ3v) is 6.34. The van der Waals surface area contributed by atoms with Gasteiger partial charge in [0.1, 0.15) is 29.4 Å². The van der Waals surface area contributed by atoms with Gasteiger partial charge in [-0.2, -0.15) is 13.2 Å². The van der Waals surface area contributed by atoms with Crippen LogP contribution in [0.3, 0.4) is 0 Å². The van der Waals surface area contributed by atoms with Gasteiger partial charge in [-0.3, -0.25) is 4.79 Å². The summed E-state index contributed by atoms with van der Waals surface area (Å²) in [7, 11) is 1.62. The Hall–Kier alpha value is -3.16. The van der Waals surface area contributed by atoms with Crippen molar-refractivity contribution in [2.75, 3.05) is 20.3 Å². The highest BCUT2D eigenvalue weighted by atomic mass is 19.4. The van der Waals surface area contributed by atoms with E-state index in [0.717, 1.165) is 30.2 Å². The zero-order valence-electron chi connectivity index (χ0n) is 22.7. The number of unbranched alkanes of at least 4 members (excludes halogenated alkanes) is 2. The molecule has 0 aliphatic rings. The zero-order valence-corrected chi connectivity index (χ0v) is 22.7. The summed E-state index contributed by atoms with van der Waals surface area (Å²) >= 11 is 0. The van der Waals surface area contributed by atoms with E-state index >= 15 is 0 Å². The van der Waals surface area contributed by atoms with Crippen LogP contribution in [0.4, 0.5) is 13.2 Å². The number of furan rings is 1. The summed E-state index contributed by atoms with van der Waals surface area (Å²) in [5.41, 5.74) is 1.11. The van der Waals surface area contributed by atoms with Crippen LogP contribution in [-0.4, -0.2) is 32.5 Å². The third-order valence-electron chi connectivity index (χ3n) is 6.34. The van der Waals surface area contributed by atoms with E-state index in [1.165, 1.54) is 18.9 Å². The number of methoxy groups -OCH3 is 1. The van der Waals surface area contributed by atoms with Gasteiger partial charge in [0.05, 0.1) is 31.6 Å². The van der Waals surface area contributed by atoms with Gasteiger partial charge < -0.3 is 18.6 Å². The van der Waals surface area contributed by atoms with Crippen LogP contribution in [0.15, 0.2) is 46.9 Å². The highest BCUT2D eigenvalue weighted by Crippen LogP contribution is 2.38. The smallest absolute Gasteiger partial charge is 0.389 e. The molecule has 0 saturated heterocycles. The van der Waals surface area contributed by atoms with Crippen LogP contribution in [0.5, 0.6) is 11.5 Å². The molecule has 3 rings (SSSR count). The Bertz CT molecular complexity index is 1210. The topological polar surface area (TPSA) is 57.9 Å². The Morgan fingerprint density at radius 1 is 1.03 bits per heavy atom. The lowest BCUT2D eigenvalue weighted by Crippen LogP contribution is -2.36. The number of aryl methyl sites for hydroxylation is 1. The van der Waals surface area contributed by atoms with E-state index in [-0.39, 0.29) is 6.61 Å². The predicted octanol–water partition coefficient (Wildman–Crippen LogP) is 8.38. The molecule has 2 aromatic carbocycles. The van der Waals surface area contributed by atoms with Crippen LogP contribution >= 0.6 is 0 Å². The van der Waals surface area contributed by atoms with Crippen molar-refractivity contribution in [3.63, 3.8) is 0 Å². The summed E-state index contributed by atoms with van der Waals surface area (Å²) < 4.78 is 62.4. The molecule has 0 fully saturated rings. The minimum Gasteiger partial charge on any atom is -0.496 e. The van der Waals surface area contributed by atoms with Crippen molar-refractivity contribution in [3.05, 3.63) is 48.0 Å². The number of alkyl halides is 3. The molecule has 0 aliphatic heterocycles. The van der Waals surface area contributed by atoms with E-state index in [0.29, 0.717) is 22.8 Å². The van der Waals surface area contributed by atoms with Gasteiger partial charge in [-0.05, 0) is 48.7 Å². The summed E-state index contributed by atoms with van der Waals surface area (Å²) in [5, 5.41) is 0.824. The van der Waals surface area contributed by atoms with Gasteiger partial charge in [0.2, 0.25) is 0 Å². The highest BCUT2D eigenvalue weighted by molar-refractivity contribution is 5.85. The molecule has 1 aromatic heterocycles. The molecule has 0 amide bonds. The third kappa shape index (κ3) is 8.17. The number of esters is 1. The summed E-state index contributed by atoms with van der Waals surface area (Å²) in [4.78, 5) is 11.9. The fourth-order valence-corrected chi connectivity index (χ4v) is 4.21. The van der Waals surface area contributed by atoms with Crippen LogP contribution in [0.1, 0.15) is 58.9 Å². The van der Waals surface area contributed by atoms with Crippen molar-refractivity contribution in [1.29, 1.82) is 0 Å². The molecule has 0 aliphatic carbocycles. The average Bonchev–Trinajstić information content (AvgIpc) is 3.28. The first-order valence-electron chi connectivity index (χ1n) is 13.0. The first-order valence-corrected chi connectivity index (χ1v) is 13.0. The maximum atomic E-state index is 13.3. The quantitative estimate of drug-likeness (QED) is 0.163. The molecule has 8 heteroatoms. The van der Waals surface area contributed by atoms with Crippen molar-refractivity contribution in [2.24, 2.45) is 11.3 Å². The molecule has 1 unspecified atom stereocenters. The largest absolute Gasteiger partial charge is 0.496 e. The molecule has 1 atom stereocenters. The van der Waals surface area contributed by atoms with Gasteiger partial charge in [0.25, 0.3) is 0 Å². The fourth-order valence-electron chi connectivity index (χ4n) is 4.21. The normalized spacial score (nSPS) is 13.5. The number of benzene rings is 2. The van der Waals surface area contributed by atoms with Gasteiger partial charge in [-0.25, -0.2) is 0 Å². The molecule has 1 heterocycles. The Labute approximate surface area is 222 Å². The number of rotatable bonds is 13. The lowest BCUT2D eigenvalue weighted by atomic mass is 9.88. The Kier molecular flexibility index (Phi) is 9.74. The van der Waals surface area contributed by atoms with Gasteiger partial charge in [-0.15, -0.1) is 0 Å². The Morgan fingerprint density at radius 3 is 2.45 bits per heavy atom. The molecular weight excluding hydrogens is 497 g/mol. The summed E-state index contributed by atoms with van der Waals surface area (Å²) in [6.45, 7) is 6.15. The van der Waals surface area contributed by atoms with Crippen LogP contribution in [0.2, 0.25) is 0 Å². The van der Waals surface area contributed by atoms with Gasteiger partial charge in [-0.1, -0.05) is 46.6 Å². The second-order valence-corrected chi connectivity index (χ2v) is 10.5. The maximum Gasteiger partial charge on any atom is 0.389 e. The van der Waals surface area contributed by atoms with Crippen molar-refractivity contribution in [1.82, 2.24) is 0 Å². The minimum absolute atomic E-state index is 0.287. The molecular formula is C30H37F3O5. The number of halogens is 3. The second-order valence-electron chi connectivity index (χ2n) is 10.5. The second kappa shape index (κ2) is 12.6. The molecule has 3 aromatic rings. The van der Waals surface area contributed by atoms with Crippen LogP contribution in [0, 0.1) is 11.3 Å². The average molecular weight is 535 g/mol. The number of hydrogen-bond acceptors (Lipinski definition) is 5. The van der Waals surface area contributed by atoms with Crippen LogP contribution < -0.4 is 9.47 Å². The Morgan fingerprint density at radius 2 is 1.79 bits per heavy atom. The van der Waals surface area contributed by atoms with Gasteiger partial charge >= 0.3 is 12.1 Å². The molecule has 0 N–H and O–H groups in total. The van der Waals surface area contributed by atoms with Crippen LogP contribution in [-0.2, 0) is 16.0 Å². The first kappa shape index (κ1) is 29.4. The summed E-state index contributed by atoms with van der Waals surface area (Å²) in [6, 6.07) is 13.1. The zero-order chi connectivity index (χ0) is 27.9. The van der Waals surface area contributed by atoms with E-state index in [1.807, 2.05) is 18.2 Å². The molecule has 38 heavy (non-hydrogen) atoms. The van der Waals surface area contributed by atoms with E-state index in [1.54, 1.807) is 39.2 Å². The number of fused-ring (bicyclic) bond motifs is 1. The molecule has 0 spiro atoms. The van der Waals surface area contributed by atoms with Crippen LogP contribution in [0.25, 0.3) is 22.3 Å². The van der Waals surface area contributed by atoms with E-state index in [9.17, 15) is 18.0 Å². The number of carbonyl (C=O) groups excluding carboxylic acids is 1. The monoisotopic (exact) mass is 534 g/mol. The first-order chi connectivity index (χ1) is 17.9. The standard InChI is InChI=1S/C30H37F3O5/c1-6-7-8-9-21-10-13-24(26(14-21)35-5)27-15-22-11-12-23(16-25(22)38-27)36-18-29(4,17-30(31,32)33)19-37-28(34)20(2)3/h10-16,20H,6-9,17-19H2,1-5H3. The van der Waals surface area contributed by atoms with Gasteiger partial charge in [0, 0.05) is 16.9 Å². The van der Waals surface area contributed by atoms with E-state index < -0.39 is 36.5 Å². The number of ether oxygens (including phenoxy) is 3. The number of hydrogen-bond donors (Lipinski definition) is 0. The lowest BCUT2D eigenvalue weighted by Gasteiger charge is -2.30. The molecule has 0 bridgehead atoms. The van der Waals surface area contributed by atoms with Crippen molar-refractivity contribution in [2.45, 2.75) is 66.0 Å². The van der Waals surface area contributed by atoms with Gasteiger partial charge in [0.15, 0.2) is 0 Å². The van der Waals surface area contributed by atoms with E-state index in [4.69, 9.17) is 18.6 Å². The summed E-state index contributed by atoms with van der Waals surface area (Å²) in [5.74, 6) is 0.718. The summed E-state index contributed by atoms with van der Waals surface area (Å²) in [6.07, 6.45) is -1.15. The lowest BCUT2D eigenvalue weighted by molar-refractivity contribution is -0.175. The Balaban J connectivity index is 1.77.